The minimum atomic E-state index is -0.527. The number of anilines is 1. The molecule has 0 saturated carbocycles. The molecule has 2 saturated heterocycles. The Morgan fingerprint density at radius 1 is 1.27 bits per heavy atom. The monoisotopic (exact) mass is 421 g/mol. The fourth-order valence-corrected chi connectivity index (χ4v) is 3.64. The zero-order valence-corrected chi connectivity index (χ0v) is 16.5. The van der Waals surface area contributed by atoms with Crippen LogP contribution >= 0.6 is 35.6 Å². The number of morpholine rings is 1. The van der Waals surface area contributed by atoms with Crippen molar-refractivity contribution in [2.24, 2.45) is 0 Å². The summed E-state index contributed by atoms with van der Waals surface area (Å²) in [5.41, 5.74) is 0.490. The Hall–Kier alpha value is -1.05. The number of likely N-dealkylation sites (tertiary alicyclic amines) is 1. The summed E-state index contributed by atoms with van der Waals surface area (Å²) in [6.07, 6.45) is 1.89. The fourth-order valence-electron chi connectivity index (χ4n) is 3.18. The van der Waals surface area contributed by atoms with E-state index in [2.05, 4.69) is 10.6 Å². The zero-order valence-electron chi connectivity index (χ0n) is 14.2. The van der Waals surface area contributed by atoms with E-state index in [4.69, 9.17) is 27.9 Å². The molecular weight excluding hydrogens is 401 g/mol. The molecule has 6 nitrogen and oxygen atoms in total. The lowest BCUT2D eigenvalue weighted by atomic mass is 10.00. The lowest BCUT2D eigenvalue weighted by Crippen LogP contribution is -2.56. The first-order chi connectivity index (χ1) is 12.1. The number of halogens is 3. The minimum absolute atomic E-state index is 0. The molecule has 3 rings (SSSR count). The molecule has 2 heterocycles. The summed E-state index contributed by atoms with van der Waals surface area (Å²) in [5.74, 6) is -0.365. The molecule has 2 atom stereocenters. The van der Waals surface area contributed by atoms with Gasteiger partial charge in [0.05, 0.1) is 17.3 Å². The summed E-state index contributed by atoms with van der Waals surface area (Å²) in [6.45, 7) is 2.28. The van der Waals surface area contributed by atoms with Crippen LogP contribution in [0.15, 0.2) is 18.2 Å². The van der Waals surface area contributed by atoms with Gasteiger partial charge in [-0.05, 0) is 37.5 Å². The predicted molar refractivity (Wildman–Crippen MR) is 104 cm³/mol. The second-order valence-electron chi connectivity index (χ2n) is 6.22. The van der Waals surface area contributed by atoms with Crippen LogP contribution in [0.4, 0.5) is 5.69 Å². The number of nitrogens with zero attached hydrogens (tertiary/aromatic N) is 1. The normalized spacial score (nSPS) is 23.1. The van der Waals surface area contributed by atoms with Crippen LogP contribution in [0.3, 0.4) is 0 Å². The molecule has 2 aliphatic rings. The van der Waals surface area contributed by atoms with E-state index in [1.54, 1.807) is 23.1 Å². The van der Waals surface area contributed by atoms with Crippen LogP contribution in [0.2, 0.25) is 10.0 Å². The molecule has 2 amide bonds. The number of carbonyl (C=O) groups excluding carboxylic acids is 2. The van der Waals surface area contributed by atoms with E-state index in [1.807, 2.05) is 0 Å². The molecule has 1 aromatic carbocycles. The largest absolute Gasteiger partial charge is 0.366 e. The first-order valence-electron chi connectivity index (χ1n) is 8.45. The van der Waals surface area contributed by atoms with Crippen LogP contribution in [-0.4, -0.2) is 55.1 Å². The number of hydrogen-bond donors (Lipinski definition) is 2. The molecule has 2 fully saturated rings. The van der Waals surface area contributed by atoms with Gasteiger partial charge in [0.15, 0.2) is 0 Å². The van der Waals surface area contributed by atoms with E-state index in [0.717, 1.165) is 19.4 Å². The molecule has 0 aliphatic carbocycles. The van der Waals surface area contributed by atoms with Gasteiger partial charge in [-0.15, -0.1) is 12.4 Å². The van der Waals surface area contributed by atoms with Gasteiger partial charge in [0.1, 0.15) is 12.1 Å². The number of piperidine rings is 1. The number of benzene rings is 1. The molecule has 9 heteroatoms. The van der Waals surface area contributed by atoms with Crippen molar-refractivity contribution in [2.75, 3.05) is 31.6 Å². The first kappa shape index (κ1) is 21.3. The van der Waals surface area contributed by atoms with Crippen molar-refractivity contribution in [1.29, 1.82) is 0 Å². The third-order valence-corrected chi connectivity index (χ3v) is 5.03. The molecule has 26 heavy (non-hydrogen) atoms. The van der Waals surface area contributed by atoms with Crippen LogP contribution in [0, 0.1) is 0 Å². The molecule has 2 N–H and O–H groups in total. The van der Waals surface area contributed by atoms with Gasteiger partial charge in [0, 0.05) is 24.7 Å². The third kappa shape index (κ3) is 5.02. The Kier molecular flexibility index (Phi) is 7.98. The third-order valence-electron chi connectivity index (χ3n) is 4.48. The molecule has 0 aromatic heterocycles. The second kappa shape index (κ2) is 9.76. The second-order valence-corrected chi connectivity index (χ2v) is 7.06. The Morgan fingerprint density at radius 3 is 2.77 bits per heavy atom. The lowest BCUT2D eigenvalue weighted by molar-refractivity contribution is -0.152. The maximum atomic E-state index is 12.8. The van der Waals surface area contributed by atoms with Crippen molar-refractivity contribution in [3.05, 3.63) is 28.2 Å². The molecule has 2 aliphatic heterocycles. The van der Waals surface area contributed by atoms with E-state index < -0.39 is 12.1 Å². The smallest absolute Gasteiger partial charge is 0.253 e. The molecule has 0 bridgehead atoms. The van der Waals surface area contributed by atoms with Crippen molar-refractivity contribution in [3.8, 4) is 0 Å². The number of ether oxygens (including phenoxy) is 1. The average molecular weight is 423 g/mol. The number of rotatable bonds is 3. The maximum Gasteiger partial charge on any atom is 0.253 e. The molecule has 144 valence electrons. The SMILES string of the molecule is Cl.O=C(Nc1ccc(Cl)cc1Cl)C1CCCCN1C(=O)C1CNCCO1. The number of carbonyl (C=O) groups is 2. The molecule has 0 spiro atoms. The highest BCUT2D eigenvalue weighted by molar-refractivity contribution is 6.36. The Bertz CT molecular complexity index is 653. The minimum Gasteiger partial charge on any atom is -0.366 e. The van der Waals surface area contributed by atoms with Gasteiger partial charge >= 0.3 is 0 Å². The Labute approximate surface area is 168 Å². The highest BCUT2D eigenvalue weighted by atomic mass is 35.5. The van der Waals surface area contributed by atoms with Gasteiger partial charge < -0.3 is 20.3 Å². The highest BCUT2D eigenvalue weighted by Gasteiger charge is 2.36. The lowest BCUT2D eigenvalue weighted by Gasteiger charge is -2.37. The number of amides is 2. The van der Waals surface area contributed by atoms with E-state index >= 15 is 0 Å². The van der Waals surface area contributed by atoms with Crippen LogP contribution in [0.5, 0.6) is 0 Å². The summed E-state index contributed by atoms with van der Waals surface area (Å²) in [6, 6.07) is 4.38. The van der Waals surface area contributed by atoms with Gasteiger partial charge in [0.2, 0.25) is 5.91 Å². The van der Waals surface area contributed by atoms with Gasteiger partial charge in [-0.1, -0.05) is 23.2 Å². The van der Waals surface area contributed by atoms with Crippen molar-refractivity contribution in [2.45, 2.75) is 31.4 Å². The topological polar surface area (TPSA) is 70.7 Å². The fraction of sp³-hybridized carbons (Fsp3) is 0.529. The molecular formula is C17H22Cl3N3O3. The Balaban J connectivity index is 0.00000243. The molecule has 1 aromatic rings. The number of nitrogens with one attached hydrogen (secondary N) is 2. The van der Waals surface area contributed by atoms with Gasteiger partial charge in [-0.25, -0.2) is 0 Å². The van der Waals surface area contributed by atoms with Gasteiger partial charge in [0.25, 0.3) is 5.91 Å². The van der Waals surface area contributed by atoms with Crippen molar-refractivity contribution in [1.82, 2.24) is 10.2 Å². The maximum absolute atomic E-state index is 12.8. The van der Waals surface area contributed by atoms with Crippen molar-refractivity contribution in [3.63, 3.8) is 0 Å². The van der Waals surface area contributed by atoms with Gasteiger partial charge in [-0.2, -0.15) is 0 Å². The zero-order chi connectivity index (χ0) is 17.8. The summed E-state index contributed by atoms with van der Waals surface area (Å²) in [7, 11) is 0. The van der Waals surface area contributed by atoms with Crippen LogP contribution in [0.1, 0.15) is 19.3 Å². The first-order valence-corrected chi connectivity index (χ1v) is 9.20. The molecule has 2 unspecified atom stereocenters. The van der Waals surface area contributed by atoms with Gasteiger partial charge in [-0.3, -0.25) is 9.59 Å². The summed E-state index contributed by atoms with van der Waals surface area (Å²) in [4.78, 5) is 27.2. The van der Waals surface area contributed by atoms with E-state index in [-0.39, 0.29) is 24.2 Å². The van der Waals surface area contributed by atoms with Crippen LogP contribution in [-0.2, 0) is 14.3 Å². The van der Waals surface area contributed by atoms with Crippen molar-refractivity contribution >= 4 is 53.1 Å². The van der Waals surface area contributed by atoms with E-state index in [9.17, 15) is 9.59 Å². The highest BCUT2D eigenvalue weighted by Crippen LogP contribution is 2.27. The van der Waals surface area contributed by atoms with Crippen LogP contribution in [0.25, 0.3) is 0 Å². The van der Waals surface area contributed by atoms with Crippen molar-refractivity contribution < 1.29 is 14.3 Å². The Morgan fingerprint density at radius 2 is 2.08 bits per heavy atom. The van der Waals surface area contributed by atoms with E-state index in [1.165, 1.54) is 0 Å². The van der Waals surface area contributed by atoms with E-state index in [0.29, 0.717) is 41.8 Å². The summed E-state index contributed by atoms with van der Waals surface area (Å²) in [5, 5.41) is 6.83. The standard InChI is InChI=1S/C17H21Cl2N3O3.ClH/c18-11-4-5-13(12(19)9-11)21-16(23)14-3-1-2-7-22(14)17(24)15-10-20-6-8-25-15;/h4-5,9,14-15,20H,1-3,6-8,10H2,(H,21,23);1H. The number of hydrogen-bond acceptors (Lipinski definition) is 4. The molecule has 0 radical (unpaired) electrons. The average Bonchev–Trinajstić information content (AvgIpc) is 2.64. The summed E-state index contributed by atoms with van der Waals surface area (Å²) < 4.78 is 5.55. The van der Waals surface area contributed by atoms with Crippen LogP contribution < -0.4 is 10.6 Å². The quantitative estimate of drug-likeness (QED) is 0.786. The summed E-state index contributed by atoms with van der Waals surface area (Å²) >= 11 is 12.0. The predicted octanol–water partition coefficient (Wildman–Crippen LogP) is 2.72.